The molecule has 0 aliphatic carbocycles. The lowest BCUT2D eigenvalue weighted by atomic mass is 10.1. The summed E-state index contributed by atoms with van der Waals surface area (Å²) in [5.41, 5.74) is 0.794. The normalized spacial score (nSPS) is 10.6. The zero-order chi connectivity index (χ0) is 21.4. The maximum atomic E-state index is 13.5. The van der Waals surface area contributed by atoms with Crippen LogP contribution in [0.25, 0.3) is 0 Å². The van der Waals surface area contributed by atoms with Crippen LogP contribution in [0.4, 0.5) is 13.2 Å². The molecule has 0 saturated carbocycles. The summed E-state index contributed by atoms with van der Waals surface area (Å²) in [5.74, 6) is -1.57. The van der Waals surface area contributed by atoms with Gasteiger partial charge in [0, 0.05) is 24.2 Å². The third kappa shape index (κ3) is 6.41. The summed E-state index contributed by atoms with van der Waals surface area (Å²) in [7, 11) is 0. The first-order valence-corrected chi connectivity index (χ1v) is 8.86. The van der Waals surface area contributed by atoms with Crippen molar-refractivity contribution >= 4 is 11.8 Å². The standard InChI is InChI=1S/C20H21F3N2O4/c1-3-28-17-11-14(6-7-16(17)29-20(22)23)19(27)25-9-8-24-18(26)13-5-4-12(2)15(21)10-13/h4-7,10-11,20H,3,8-9H2,1-2H3,(H,24,26)(H,25,27). The highest BCUT2D eigenvalue weighted by atomic mass is 19.3. The number of carbonyl (C=O) groups excluding carboxylic acids is 2. The summed E-state index contributed by atoms with van der Waals surface area (Å²) in [4.78, 5) is 24.2. The summed E-state index contributed by atoms with van der Waals surface area (Å²) in [6.07, 6.45) is 0. The van der Waals surface area contributed by atoms with Gasteiger partial charge in [0.05, 0.1) is 6.61 Å². The fraction of sp³-hybridized carbons (Fsp3) is 0.300. The molecule has 0 aliphatic heterocycles. The van der Waals surface area contributed by atoms with Gasteiger partial charge in [-0.1, -0.05) is 6.07 Å². The number of carbonyl (C=O) groups is 2. The first-order valence-electron chi connectivity index (χ1n) is 8.86. The summed E-state index contributed by atoms with van der Waals surface area (Å²) < 4.78 is 47.9. The maximum absolute atomic E-state index is 13.5. The number of alkyl halides is 2. The zero-order valence-corrected chi connectivity index (χ0v) is 15.9. The Bertz CT molecular complexity index is 875. The average Bonchev–Trinajstić information content (AvgIpc) is 2.68. The molecule has 2 amide bonds. The number of halogens is 3. The van der Waals surface area contributed by atoms with Gasteiger partial charge in [0.1, 0.15) is 5.82 Å². The molecule has 6 nitrogen and oxygen atoms in total. The minimum atomic E-state index is -3.01. The van der Waals surface area contributed by atoms with E-state index in [1.54, 1.807) is 13.8 Å². The van der Waals surface area contributed by atoms with E-state index in [4.69, 9.17) is 4.74 Å². The maximum Gasteiger partial charge on any atom is 0.387 e. The molecule has 0 fully saturated rings. The van der Waals surface area contributed by atoms with E-state index in [2.05, 4.69) is 15.4 Å². The molecule has 0 aromatic heterocycles. The van der Waals surface area contributed by atoms with Crippen LogP contribution in [0.1, 0.15) is 33.2 Å². The number of benzene rings is 2. The molecular weight excluding hydrogens is 389 g/mol. The second kappa shape index (κ2) is 10.4. The van der Waals surface area contributed by atoms with E-state index >= 15 is 0 Å². The van der Waals surface area contributed by atoms with Crippen LogP contribution in [0.3, 0.4) is 0 Å². The fourth-order valence-corrected chi connectivity index (χ4v) is 2.40. The molecule has 0 aliphatic rings. The van der Waals surface area contributed by atoms with Gasteiger partial charge in [-0.15, -0.1) is 0 Å². The number of aryl methyl sites for hydroxylation is 1. The molecule has 0 radical (unpaired) electrons. The second-order valence-corrected chi connectivity index (χ2v) is 5.95. The molecule has 0 unspecified atom stereocenters. The minimum Gasteiger partial charge on any atom is -0.490 e. The van der Waals surface area contributed by atoms with Gasteiger partial charge >= 0.3 is 6.61 Å². The van der Waals surface area contributed by atoms with Crippen molar-refractivity contribution in [3.05, 3.63) is 58.9 Å². The number of ether oxygens (including phenoxy) is 2. The molecule has 0 spiro atoms. The molecule has 29 heavy (non-hydrogen) atoms. The van der Waals surface area contributed by atoms with Crippen LogP contribution in [0.5, 0.6) is 11.5 Å². The molecule has 2 aromatic carbocycles. The molecule has 2 N–H and O–H groups in total. The van der Waals surface area contributed by atoms with Gasteiger partial charge in [-0.25, -0.2) is 4.39 Å². The molecule has 2 aromatic rings. The van der Waals surface area contributed by atoms with Crippen LogP contribution < -0.4 is 20.1 Å². The zero-order valence-electron chi connectivity index (χ0n) is 15.9. The Kier molecular flexibility index (Phi) is 7.88. The van der Waals surface area contributed by atoms with E-state index < -0.39 is 24.2 Å². The van der Waals surface area contributed by atoms with E-state index in [1.165, 1.54) is 30.3 Å². The monoisotopic (exact) mass is 410 g/mol. The molecule has 0 saturated heterocycles. The summed E-state index contributed by atoms with van der Waals surface area (Å²) in [6, 6.07) is 7.99. The van der Waals surface area contributed by atoms with E-state index in [0.717, 1.165) is 6.07 Å². The Morgan fingerprint density at radius 3 is 2.10 bits per heavy atom. The number of hydrogen-bond acceptors (Lipinski definition) is 4. The molecule has 2 rings (SSSR count). The molecule has 0 heterocycles. The highest BCUT2D eigenvalue weighted by Crippen LogP contribution is 2.29. The van der Waals surface area contributed by atoms with Crippen molar-refractivity contribution in [1.82, 2.24) is 10.6 Å². The van der Waals surface area contributed by atoms with Gasteiger partial charge in [0.15, 0.2) is 11.5 Å². The lowest BCUT2D eigenvalue weighted by Crippen LogP contribution is -2.34. The van der Waals surface area contributed by atoms with Gasteiger partial charge in [0.25, 0.3) is 11.8 Å². The van der Waals surface area contributed by atoms with Gasteiger partial charge in [-0.05, 0) is 49.7 Å². The predicted octanol–water partition coefficient (Wildman–Crippen LogP) is 3.29. The predicted molar refractivity (Wildman–Crippen MR) is 100 cm³/mol. The van der Waals surface area contributed by atoms with Crippen molar-refractivity contribution in [3.8, 4) is 11.5 Å². The second-order valence-electron chi connectivity index (χ2n) is 5.95. The van der Waals surface area contributed by atoms with Gasteiger partial charge in [-0.2, -0.15) is 8.78 Å². The Hall–Kier alpha value is -3.23. The quantitative estimate of drug-likeness (QED) is 0.622. The van der Waals surface area contributed by atoms with E-state index in [1.807, 2.05) is 0 Å². The molecule has 156 valence electrons. The van der Waals surface area contributed by atoms with Gasteiger partial charge in [0.2, 0.25) is 0 Å². The van der Waals surface area contributed by atoms with Crippen LogP contribution in [0.15, 0.2) is 36.4 Å². The number of rotatable bonds is 9. The minimum absolute atomic E-state index is 0.0233. The summed E-state index contributed by atoms with van der Waals surface area (Å²) >= 11 is 0. The van der Waals surface area contributed by atoms with E-state index in [-0.39, 0.29) is 42.3 Å². The van der Waals surface area contributed by atoms with Crippen molar-refractivity contribution in [2.24, 2.45) is 0 Å². The Morgan fingerprint density at radius 1 is 0.966 bits per heavy atom. The third-order valence-corrected chi connectivity index (χ3v) is 3.85. The molecule has 0 atom stereocenters. The van der Waals surface area contributed by atoms with Crippen LogP contribution in [0, 0.1) is 12.7 Å². The third-order valence-electron chi connectivity index (χ3n) is 3.85. The smallest absolute Gasteiger partial charge is 0.387 e. The van der Waals surface area contributed by atoms with E-state index in [9.17, 15) is 22.8 Å². The van der Waals surface area contributed by atoms with Crippen LogP contribution in [-0.2, 0) is 0 Å². The Balaban J connectivity index is 1.89. The molecular formula is C20H21F3N2O4. The average molecular weight is 410 g/mol. The van der Waals surface area contributed by atoms with Crippen LogP contribution in [-0.4, -0.2) is 38.1 Å². The number of nitrogens with one attached hydrogen (secondary N) is 2. The van der Waals surface area contributed by atoms with Crippen molar-refractivity contribution in [2.75, 3.05) is 19.7 Å². The molecule has 0 bridgehead atoms. The SMILES string of the molecule is CCOc1cc(C(=O)NCCNC(=O)c2ccc(C)c(F)c2)ccc1OC(F)F. The van der Waals surface area contributed by atoms with Crippen LogP contribution in [0.2, 0.25) is 0 Å². The highest BCUT2D eigenvalue weighted by molar-refractivity contribution is 5.95. The van der Waals surface area contributed by atoms with E-state index in [0.29, 0.717) is 5.56 Å². The van der Waals surface area contributed by atoms with Crippen LogP contribution >= 0.6 is 0 Å². The Labute approximate surface area is 166 Å². The van der Waals surface area contributed by atoms with Crippen molar-refractivity contribution in [2.45, 2.75) is 20.5 Å². The fourth-order valence-electron chi connectivity index (χ4n) is 2.40. The van der Waals surface area contributed by atoms with Crippen molar-refractivity contribution in [3.63, 3.8) is 0 Å². The van der Waals surface area contributed by atoms with Crippen molar-refractivity contribution < 1.29 is 32.2 Å². The lowest BCUT2D eigenvalue weighted by Gasteiger charge is -2.13. The van der Waals surface area contributed by atoms with Gasteiger partial charge < -0.3 is 20.1 Å². The molecule has 9 heteroatoms. The largest absolute Gasteiger partial charge is 0.490 e. The van der Waals surface area contributed by atoms with Crippen molar-refractivity contribution in [1.29, 1.82) is 0 Å². The van der Waals surface area contributed by atoms with Gasteiger partial charge in [-0.3, -0.25) is 9.59 Å². The lowest BCUT2D eigenvalue weighted by molar-refractivity contribution is -0.0514. The summed E-state index contributed by atoms with van der Waals surface area (Å²) in [6.45, 7) is 0.677. The summed E-state index contributed by atoms with van der Waals surface area (Å²) in [5, 5.41) is 5.15. The highest BCUT2D eigenvalue weighted by Gasteiger charge is 2.15. The Morgan fingerprint density at radius 2 is 1.55 bits per heavy atom. The number of hydrogen-bond donors (Lipinski definition) is 2. The number of amides is 2. The first kappa shape index (κ1) is 22.1. The topological polar surface area (TPSA) is 76.7 Å². The first-order chi connectivity index (χ1) is 13.8.